The van der Waals surface area contributed by atoms with Crippen LogP contribution in [0.2, 0.25) is 0 Å². The summed E-state index contributed by atoms with van der Waals surface area (Å²) >= 11 is 0. The van der Waals surface area contributed by atoms with Gasteiger partial charge < -0.3 is 19.9 Å². The lowest BCUT2D eigenvalue weighted by atomic mass is 10.1. The van der Waals surface area contributed by atoms with Crippen LogP contribution in [0.15, 0.2) is 4.99 Å². The molecule has 21 heavy (non-hydrogen) atoms. The van der Waals surface area contributed by atoms with E-state index in [0.29, 0.717) is 5.92 Å². The summed E-state index contributed by atoms with van der Waals surface area (Å²) in [6.45, 7) is 11.2. The number of nitrogens with one attached hydrogen (secondary N) is 1. The van der Waals surface area contributed by atoms with Crippen molar-refractivity contribution in [1.29, 1.82) is 0 Å². The number of rotatable bonds is 6. The molecule has 0 aliphatic carbocycles. The number of likely N-dealkylation sites (N-methyl/N-ethyl adjacent to an activating group) is 1. The van der Waals surface area contributed by atoms with Crippen molar-refractivity contribution < 1.29 is 4.74 Å². The average molecular weight is 412 g/mol. The van der Waals surface area contributed by atoms with E-state index >= 15 is 0 Å². The van der Waals surface area contributed by atoms with Gasteiger partial charge in [-0.25, -0.2) is 0 Å². The molecule has 0 bridgehead atoms. The standard InChI is InChI=1S/C15H32N4O.HI/c1-7-16-14(17-12-15(2,3)18(4)5)19-9-8-13(10-19)11-20-6;/h13H,7-12H2,1-6H3,(H,16,17);1H. The minimum absolute atomic E-state index is 0. The Balaban J connectivity index is 0.00000400. The van der Waals surface area contributed by atoms with E-state index in [2.05, 4.69) is 50.0 Å². The molecule has 1 aliphatic rings. The van der Waals surface area contributed by atoms with E-state index in [4.69, 9.17) is 9.73 Å². The Bertz CT molecular complexity index is 321. The van der Waals surface area contributed by atoms with Crippen LogP contribution in [0.25, 0.3) is 0 Å². The zero-order chi connectivity index (χ0) is 15.2. The third-order valence-electron chi connectivity index (χ3n) is 4.15. The molecule has 0 aromatic heterocycles. The molecule has 1 aliphatic heterocycles. The van der Waals surface area contributed by atoms with Crippen LogP contribution in [-0.4, -0.2) is 75.3 Å². The molecular formula is C15H33IN4O. The molecule has 126 valence electrons. The van der Waals surface area contributed by atoms with Gasteiger partial charge in [0.15, 0.2) is 5.96 Å². The van der Waals surface area contributed by atoms with Gasteiger partial charge in [0.2, 0.25) is 0 Å². The number of ether oxygens (including phenoxy) is 1. The van der Waals surface area contributed by atoms with Gasteiger partial charge in [0.1, 0.15) is 0 Å². The summed E-state index contributed by atoms with van der Waals surface area (Å²) in [5.41, 5.74) is 0.0757. The fourth-order valence-corrected chi connectivity index (χ4v) is 2.23. The smallest absolute Gasteiger partial charge is 0.193 e. The molecule has 1 fully saturated rings. The van der Waals surface area contributed by atoms with Crippen LogP contribution in [0.4, 0.5) is 0 Å². The molecule has 1 atom stereocenters. The van der Waals surface area contributed by atoms with Crippen LogP contribution in [0, 0.1) is 5.92 Å². The largest absolute Gasteiger partial charge is 0.384 e. The van der Waals surface area contributed by atoms with Crippen molar-refractivity contribution in [3.8, 4) is 0 Å². The Hall–Kier alpha value is -0.0800. The first-order valence-electron chi connectivity index (χ1n) is 7.60. The second-order valence-corrected chi connectivity index (χ2v) is 6.43. The average Bonchev–Trinajstić information content (AvgIpc) is 2.83. The number of likely N-dealkylation sites (tertiary alicyclic amines) is 1. The summed E-state index contributed by atoms with van der Waals surface area (Å²) in [7, 11) is 5.99. The number of aliphatic imine (C=N–C) groups is 1. The molecule has 1 saturated heterocycles. The van der Waals surface area contributed by atoms with Gasteiger partial charge in [0.25, 0.3) is 0 Å². The van der Waals surface area contributed by atoms with Gasteiger partial charge in [-0.2, -0.15) is 0 Å². The maximum Gasteiger partial charge on any atom is 0.193 e. The second kappa shape index (κ2) is 9.84. The minimum Gasteiger partial charge on any atom is -0.384 e. The molecule has 0 aromatic rings. The molecule has 0 spiro atoms. The Morgan fingerprint density at radius 2 is 2.10 bits per heavy atom. The summed E-state index contributed by atoms with van der Waals surface area (Å²) in [4.78, 5) is 9.41. The van der Waals surface area contributed by atoms with Gasteiger partial charge in [0, 0.05) is 38.2 Å². The Kier molecular flexibility index (Phi) is 9.80. The van der Waals surface area contributed by atoms with E-state index in [1.165, 1.54) is 6.42 Å². The SMILES string of the molecule is CCNC(=NCC(C)(C)N(C)C)N1CCC(COC)C1.I. The maximum atomic E-state index is 5.27. The van der Waals surface area contributed by atoms with E-state index in [0.717, 1.165) is 38.7 Å². The highest BCUT2D eigenvalue weighted by molar-refractivity contribution is 14.0. The van der Waals surface area contributed by atoms with Crippen molar-refractivity contribution in [3.05, 3.63) is 0 Å². The van der Waals surface area contributed by atoms with E-state index in [-0.39, 0.29) is 29.5 Å². The molecule has 5 nitrogen and oxygen atoms in total. The van der Waals surface area contributed by atoms with E-state index < -0.39 is 0 Å². The lowest BCUT2D eigenvalue weighted by molar-refractivity contribution is 0.157. The number of nitrogens with zero attached hydrogens (tertiary/aromatic N) is 3. The summed E-state index contributed by atoms with van der Waals surface area (Å²) in [6, 6.07) is 0. The predicted molar refractivity (Wildman–Crippen MR) is 101 cm³/mol. The quantitative estimate of drug-likeness (QED) is 0.411. The molecule has 0 aromatic carbocycles. The maximum absolute atomic E-state index is 5.27. The zero-order valence-corrected chi connectivity index (χ0v) is 16.8. The number of hydrogen-bond acceptors (Lipinski definition) is 3. The highest BCUT2D eigenvalue weighted by atomic mass is 127. The summed E-state index contributed by atoms with van der Waals surface area (Å²) in [6.07, 6.45) is 1.19. The van der Waals surface area contributed by atoms with Crippen LogP contribution in [0.1, 0.15) is 27.2 Å². The molecule has 6 heteroatoms. The van der Waals surface area contributed by atoms with Gasteiger partial charge >= 0.3 is 0 Å². The van der Waals surface area contributed by atoms with Crippen molar-refractivity contribution in [2.75, 3.05) is 54.0 Å². The highest BCUT2D eigenvalue weighted by Crippen LogP contribution is 2.17. The number of guanidine groups is 1. The monoisotopic (exact) mass is 412 g/mol. The normalized spacial score (nSPS) is 19.9. The first-order valence-corrected chi connectivity index (χ1v) is 7.60. The third-order valence-corrected chi connectivity index (χ3v) is 4.15. The highest BCUT2D eigenvalue weighted by Gasteiger charge is 2.26. The fourth-order valence-electron chi connectivity index (χ4n) is 2.23. The summed E-state index contributed by atoms with van der Waals surface area (Å²) in [5.74, 6) is 1.67. The van der Waals surface area contributed by atoms with Crippen molar-refractivity contribution in [2.24, 2.45) is 10.9 Å². The van der Waals surface area contributed by atoms with Crippen LogP contribution in [0.3, 0.4) is 0 Å². The topological polar surface area (TPSA) is 40.1 Å². The molecule has 1 rings (SSSR count). The third kappa shape index (κ3) is 6.69. The van der Waals surface area contributed by atoms with Gasteiger partial charge in [-0.05, 0) is 41.3 Å². The van der Waals surface area contributed by atoms with Gasteiger partial charge in [-0.1, -0.05) is 0 Å². The molecular weight excluding hydrogens is 379 g/mol. The predicted octanol–water partition coefficient (Wildman–Crippen LogP) is 1.88. The summed E-state index contributed by atoms with van der Waals surface area (Å²) in [5, 5.41) is 3.42. The molecule has 1 unspecified atom stereocenters. The minimum atomic E-state index is 0. The van der Waals surface area contributed by atoms with Gasteiger partial charge in [0.05, 0.1) is 13.2 Å². The van der Waals surface area contributed by atoms with Crippen LogP contribution >= 0.6 is 24.0 Å². The first kappa shape index (κ1) is 20.9. The Morgan fingerprint density at radius 3 is 2.62 bits per heavy atom. The fraction of sp³-hybridized carbons (Fsp3) is 0.933. The molecule has 1 N–H and O–H groups in total. The van der Waals surface area contributed by atoms with Crippen molar-refractivity contribution in [2.45, 2.75) is 32.7 Å². The molecule has 0 amide bonds. The number of hydrogen-bond donors (Lipinski definition) is 1. The Labute approximate surface area is 147 Å². The molecule has 0 radical (unpaired) electrons. The number of halogens is 1. The first-order chi connectivity index (χ1) is 9.40. The molecule has 0 saturated carbocycles. The second-order valence-electron chi connectivity index (χ2n) is 6.43. The number of methoxy groups -OCH3 is 1. The summed E-state index contributed by atoms with van der Waals surface area (Å²) < 4.78 is 5.27. The van der Waals surface area contributed by atoms with E-state index in [1.807, 2.05) is 0 Å². The van der Waals surface area contributed by atoms with Crippen molar-refractivity contribution in [3.63, 3.8) is 0 Å². The lowest BCUT2D eigenvalue weighted by Crippen LogP contribution is -2.44. The van der Waals surface area contributed by atoms with Crippen molar-refractivity contribution >= 4 is 29.9 Å². The van der Waals surface area contributed by atoms with E-state index in [9.17, 15) is 0 Å². The molecule has 1 heterocycles. The van der Waals surface area contributed by atoms with Gasteiger partial charge in [-0.15, -0.1) is 24.0 Å². The van der Waals surface area contributed by atoms with E-state index in [1.54, 1.807) is 7.11 Å². The van der Waals surface area contributed by atoms with Crippen LogP contribution in [0.5, 0.6) is 0 Å². The van der Waals surface area contributed by atoms with Gasteiger partial charge in [-0.3, -0.25) is 4.99 Å². The van der Waals surface area contributed by atoms with Crippen molar-refractivity contribution in [1.82, 2.24) is 15.1 Å². The van der Waals surface area contributed by atoms with Crippen LogP contribution < -0.4 is 5.32 Å². The van der Waals surface area contributed by atoms with Crippen LogP contribution in [-0.2, 0) is 4.74 Å². The zero-order valence-electron chi connectivity index (χ0n) is 14.5. The Morgan fingerprint density at radius 1 is 1.43 bits per heavy atom. The lowest BCUT2D eigenvalue weighted by Gasteiger charge is -2.32.